The van der Waals surface area contributed by atoms with Crippen LogP contribution in [0.4, 0.5) is 0 Å². The SMILES string of the molecule is Cc1[nH]c(=O)c(C#N)cc1C(=O)N1CCCC(O)(CN(C)C)CC1. The molecule has 1 saturated heterocycles. The van der Waals surface area contributed by atoms with E-state index >= 15 is 0 Å². The third-order valence-corrected chi connectivity index (χ3v) is 4.40. The first-order valence-electron chi connectivity index (χ1n) is 8.06. The molecule has 1 aromatic heterocycles. The van der Waals surface area contributed by atoms with Gasteiger partial charge in [-0.3, -0.25) is 9.59 Å². The highest BCUT2D eigenvalue weighted by Crippen LogP contribution is 2.24. The predicted molar refractivity (Wildman–Crippen MR) is 89.8 cm³/mol. The molecule has 1 fully saturated rings. The largest absolute Gasteiger partial charge is 0.388 e. The first kappa shape index (κ1) is 18.2. The van der Waals surface area contributed by atoms with E-state index < -0.39 is 11.2 Å². The monoisotopic (exact) mass is 332 g/mol. The zero-order chi connectivity index (χ0) is 17.9. The lowest BCUT2D eigenvalue weighted by Crippen LogP contribution is -2.41. The van der Waals surface area contributed by atoms with E-state index in [9.17, 15) is 14.7 Å². The van der Waals surface area contributed by atoms with E-state index in [0.29, 0.717) is 50.2 Å². The molecule has 7 nitrogen and oxygen atoms in total. The molecule has 1 aliphatic heterocycles. The number of rotatable bonds is 3. The number of aromatic nitrogens is 1. The molecular weight excluding hydrogens is 308 g/mol. The highest BCUT2D eigenvalue weighted by molar-refractivity contribution is 5.95. The van der Waals surface area contributed by atoms with Crippen molar-refractivity contribution in [3.05, 3.63) is 33.2 Å². The van der Waals surface area contributed by atoms with E-state index in [2.05, 4.69) is 4.98 Å². The van der Waals surface area contributed by atoms with Gasteiger partial charge in [-0.15, -0.1) is 0 Å². The Morgan fingerprint density at radius 1 is 1.46 bits per heavy atom. The first-order valence-corrected chi connectivity index (χ1v) is 8.06. The maximum atomic E-state index is 12.8. The van der Waals surface area contributed by atoms with Gasteiger partial charge in [0.1, 0.15) is 11.6 Å². The molecule has 0 bridgehead atoms. The van der Waals surface area contributed by atoms with Crippen LogP contribution < -0.4 is 5.56 Å². The number of carbonyl (C=O) groups is 1. The van der Waals surface area contributed by atoms with Gasteiger partial charge in [-0.25, -0.2) is 0 Å². The smallest absolute Gasteiger partial charge is 0.266 e. The summed E-state index contributed by atoms with van der Waals surface area (Å²) in [5.74, 6) is -0.214. The van der Waals surface area contributed by atoms with E-state index in [1.807, 2.05) is 25.1 Å². The number of likely N-dealkylation sites (N-methyl/N-ethyl adjacent to an activating group) is 1. The lowest BCUT2D eigenvalue weighted by atomic mass is 9.94. The molecule has 0 aromatic carbocycles. The predicted octanol–water partition coefficient (Wildman–Crippen LogP) is 0.474. The van der Waals surface area contributed by atoms with Crippen LogP contribution in [-0.2, 0) is 0 Å². The fourth-order valence-corrected chi connectivity index (χ4v) is 3.23. The summed E-state index contributed by atoms with van der Waals surface area (Å²) in [6.45, 7) is 3.21. The average Bonchev–Trinajstić information content (AvgIpc) is 2.68. The Bertz CT molecular complexity index is 720. The Morgan fingerprint density at radius 3 is 2.79 bits per heavy atom. The van der Waals surface area contributed by atoms with Gasteiger partial charge in [0, 0.05) is 25.3 Å². The van der Waals surface area contributed by atoms with Crippen molar-refractivity contribution in [2.75, 3.05) is 33.7 Å². The van der Waals surface area contributed by atoms with Gasteiger partial charge in [0.2, 0.25) is 0 Å². The zero-order valence-electron chi connectivity index (χ0n) is 14.4. The number of H-pyrrole nitrogens is 1. The van der Waals surface area contributed by atoms with Crippen molar-refractivity contribution < 1.29 is 9.90 Å². The maximum Gasteiger partial charge on any atom is 0.266 e. The van der Waals surface area contributed by atoms with Crippen LogP contribution in [0.5, 0.6) is 0 Å². The molecule has 0 radical (unpaired) electrons. The number of amides is 1. The molecule has 1 aliphatic rings. The van der Waals surface area contributed by atoms with Crippen molar-refractivity contribution in [3.63, 3.8) is 0 Å². The van der Waals surface area contributed by atoms with Crippen LogP contribution >= 0.6 is 0 Å². The van der Waals surface area contributed by atoms with E-state index in [1.54, 1.807) is 11.8 Å². The number of hydrogen-bond donors (Lipinski definition) is 2. The number of pyridine rings is 1. The highest BCUT2D eigenvalue weighted by atomic mass is 16.3. The van der Waals surface area contributed by atoms with Crippen LogP contribution in [-0.4, -0.2) is 65.1 Å². The molecule has 2 N–H and O–H groups in total. The Labute approximate surface area is 141 Å². The Balaban J connectivity index is 2.20. The molecule has 1 amide bonds. The number of nitrogens with one attached hydrogen (secondary N) is 1. The third kappa shape index (κ3) is 4.02. The molecule has 0 aliphatic carbocycles. The van der Waals surface area contributed by atoms with Crippen molar-refractivity contribution in [2.45, 2.75) is 31.8 Å². The molecule has 1 atom stereocenters. The van der Waals surface area contributed by atoms with Crippen LogP contribution in [0.1, 0.15) is 40.9 Å². The van der Waals surface area contributed by atoms with Gasteiger partial charge in [-0.1, -0.05) is 0 Å². The van der Waals surface area contributed by atoms with Gasteiger partial charge in [0.25, 0.3) is 11.5 Å². The standard InChI is InChI=1S/C17H24N4O3/c1-12-14(9-13(10-18)15(22)19-12)16(23)21-7-4-5-17(24,6-8-21)11-20(2)3/h9,24H,4-8,11H2,1-3H3,(H,19,22). The summed E-state index contributed by atoms with van der Waals surface area (Å²) in [4.78, 5) is 30.6. The second-order valence-electron chi connectivity index (χ2n) is 6.77. The molecule has 130 valence electrons. The number of aliphatic hydroxyl groups is 1. The van der Waals surface area contributed by atoms with E-state index in [4.69, 9.17) is 5.26 Å². The van der Waals surface area contributed by atoms with Crippen molar-refractivity contribution in [2.24, 2.45) is 0 Å². The minimum Gasteiger partial charge on any atom is -0.388 e. The second kappa shape index (κ2) is 7.16. The number of likely N-dealkylation sites (tertiary alicyclic amines) is 1. The molecule has 1 aromatic rings. The molecule has 0 saturated carbocycles. The van der Waals surface area contributed by atoms with Crippen LogP contribution in [0.3, 0.4) is 0 Å². The Morgan fingerprint density at radius 2 is 2.17 bits per heavy atom. The second-order valence-corrected chi connectivity index (χ2v) is 6.77. The summed E-state index contributed by atoms with van der Waals surface area (Å²) < 4.78 is 0. The summed E-state index contributed by atoms with van der Waals surface area (Å²) >= 11 is 0. The average molecular weight is 332 g/mol. The van der Waals surface area contributed by atoms with Crippen molar-refractivity contribution >= 4 is 5.91 Å². The lowest BCUT2D eigenvalue weighted by Gasteiger charge is -2.30. The molecule has 0 spiro atoms. The Kier molecular flexibility index (Phi) is 5.42. The highest BCUT2D eigenvalue weighted by Gasteiger charge is 2.32. The Hall–Kier alpha value is -2.17. The normalized spacial score (nSPS) is 21.4. The summed E-state index contributed by atoms with van der Waals surface area (Å²) in [6, 6.07) is 3.16. The van der Waals surface area contributed by atoms with Gasteiger partial charge in [-0.05, 0) is 46.3 Å². The fourth-order valence-electron chi connectivity index (χ4n) is 3.23. The summed E-state index contributed by atoms with van der Waals surface area (Å²) in [5, 5.41) is 19.7. The van der Waals surface area contributed by atoms with Gasteiger partial charge in [0.15, 0.2) is 0 Å². The minimum absolute atomic E-state index is 0.0668. The molecule has 1 unspecified atom stereocenters. The van der Waals surface area contributed by atoms with E-state index in [1.165, 1.54) is 6.07 Å². The topological polar surface area (TPSA) is 100 Å². The van der Waals surface area contributed by atoms with Crippen LogP contribution in [0.25, 0.3) is 0 Å². The van der Waals surface area contributed by atoms with Gasteiger partial charge < -0.3 is 19.9 Å². The molecule has 24 heavy (non-hydrogen) atoms. The van der Waals surface area contributed by atoms with Gasteiger partial charge in [0.05, 0.1) is 11.2 Å². The number of carbonyl (C=O) groups excluding carboxylic acids is 1. The molecule has 7 heteroatoms. The number of hydrogen-bond acceptors (Lipinski definition) is 5. The van der Waals surface area contributed by atoms with Crippen LogP contribution in [0.2, 0.25) is 0 Å². The quantitative estimate of drug-likeness (QED) is 0.838. The number of nitrogens with zero attached hydrogens (tertiary/aromatic N) is 3. The number of aromatic amines is 1. The van der Waals surface area contributed by atoms with E-state index in [-0.39, 0.29) is 11.5 Å². The van der Waals surface area contributed by atoms with Crippen LogP contribution in [0, 0.1) is 18.3 Å². The van der Waals surface area contributed by atoms with Crippen molar-refractivity contribution in [1.29, 1.82) is 5.26 Å². The zero-order valence-corrected chi connectivity index (χ0v) is 14.4. The minimum atomic E-state index is -0.795. The van der Waals surface area contributed by atoms with Crippen molar-refractivity contribution in [1.82, 2.24) is 14.8 Å². The summed E-state index contributed by atoms with van der Waals surface area (Å²) in [6.07, 6.45) is 1.86. The van der Waals surface area contributed by atoms with Crippen LogP contribution in [0.15, 0.2) is 10.9 Å². The molecular formula is C17H24N4O3. The molecule has 2 heterocycles. The summed E-state index contributed by atoms with van der Waals surface area (Å²) in [7, 11) is 3.83. The lowest BCUT2D eigenvalue weighted by molar-refractivity contribution is 0.00305. The first-order chi connectivity index (χ1) is 11.3. The number of nitriles is 1. The van der Waals surface area contributed by atoms with E-state index in [0.717, 1.165) is 0 Å². The van der Waals surface area contributed by atoms with Gasteiger partial charge in [-0.2, -0.15) is 5.26 Å². The third-order valence-electron chi connectivity index (χ3n) is 4.40. The van der Waals surface area contributed by atoms with Gasteiger partial charge >= 0.3 is 0 Å². The fraction of sp³-hybridized carbons (Fsp3) is 0.588. The summed E-state index contributed by atoms with van der Waals surface area (Å²) in [5.41, 5.74) is -0.553. The number of aryl methyl sites for hydroxylation is 1. The maximum absolute atomic E-state index is 12.8. The van der Waals surface area contributed by atoms with Crippen molar-refractivity contribution in [3.8, 4) is 6.07 Å². The molecule has 2 rings (SSSR count).